The third-order valence-corrected chi connectivity index (χ3v) is 8.05. The minimum atomic E-state index is -4.57. The maximum atomic E-state index is 14.3. The van der Waals surface area contributed by atoms with Gasteiger partial charge in [0.05, 0.1) is 35.2 Å². The van der Waals surface area contributed by atoms with Gasteiger partial charge < -0.3 is 15.4 Å². The fraction of sp³-hybridized carbons (Fsp3) is 0.481. The Morgan fingerprint density at radius 1 is 1.27 bits per heavy atom. The van der Waals surface area contributed by atoms with E-state index >= 15 is 0 Å². The number of alkyl halides is 3. The average molecular weight is 579 g/mol. The predicted molar refractivity (Wildman–Crippen MR) is 144 cm³/mol. The molecule has 1 saturated heterocycles. The standard InChI is InChI=1S/C27H30ClF3N6O3/c1-16-13-26(6-8-32-9-7-26)22-23(16)33-15-34-24(17-4-10-40-11-5-17)36-37(25(22)39)14-21(38)35-20-3-2-18(12-19(20)28)27(29,30)31/h2-4,12,15-16,32H,5-11,13-14H2,1H3,(H,35,38)(H,33,34,36). The first kappa shape index (κ1) is 28.3. The summed E-state index contributed by atoms with van der Waals surface area (Å²) < 4.78 is 45.8. The number of aromatic amines is 1. The Morgan fingerprint density at radius 2 is 2.05 bits per heavy atom. The molecule has 1 atom stereocenters. The SMILES string of the molecule is CC1CC2(CCNCC2)c2c1ncnc(C1=CCOCC1)[nH]n(CC(=O)Nc1ccc(C(F)(F)F)cc1Cl)c2=O. The molecule has 1 aromatic heterocycles. The molecule has 3 heterocycles. The lowest BCUT2D eigenvalue weighted by Crippen LogP contribution is -2.43. The topological polar surface area (TPSA) is 114 Å². The molecule has 1 unspecified atom stereocenters. The number of nitrogens with one attached hydrogen (secondary N) is 3. The number of amides is 1. The van der Waals surface area contributed by atoms with Crippen molar-refractivity contribution >= 4 is 28.8 Å². The molecule has 1 spiro atoms. The number of carbonyl (C=O) groups is 1. The molecule has 2 aromatic rings. The number of ether oxygens (including phenoxy) is 1. The van der Waals surface area contributed by atoms with Crippen molar-refractivity contribution in [1.29, 1.82) is 0 Å². The summed E-state index contributed by atoms with van der Waals surface area (Å²) in [5.74, 6) is -0.251. The predicted octanol–water partition coefficient (Wildman–Crippen LogP) is 4.33. The van der Waals surface area contributed by atoms with Crippen LogP contribution in [0.4, 0.5) is 18.9 Å². The van der Waals surface area contributed by atoms with Crippen molar-refractivity contribution in [2.45, 2.75) is 56.7 Å². The van der Waals surface area contributed by atoms with Gasteiger partial charge in [-0.2, -0.15) is 13.2 Å². The van der Waals surface area contributed by atoms with Gasteiger partial charge in [0.15, 0.2) is 0 Å². The van der Waals surface area contributed by atoms with Crippen LogP contribution in [0.1, 0.15) is 61.2 Å². The molecule has 0 bridgehead atoms. The van der Waals surface area contributed by atoms with Crippen molar-refractivity contribution in [1.82, 2.24) is 25.1 Å². The van der Waals surface area contributed by atoms with Crippen LogP contribution in [0.15, 0.2) is 35.4 Å². The number of rotatable bonds is 4. The number of aromatic nitrogens is 4. The van der Waals surface area contributed by atoms with Crippen LogP contribution >= 0.6 is 11.6 Å². The molecular formula is C27H30ClF3N6O3. The molecule has 1 amide bonds. The zero-order chi connectivity index (χ0) is 28.5. The van der Waals surface area contributed by atoms with Gasteiger partial charge in [-0.25, -0.2) is 14.6 Å². The number of nitrogens with zero attached hydrogens (tertiary/aromatic N) is 3. The number of halogens is 4. The Balaban J connectivity index is 1.59. The maximum absolute atomic E-state index is 14.3. The monoisotopic (exact) mass is 578 g/mol. The van der Waals surface area contributed by atoms with Crippen molar-refractivity contribution < 1.29 is 22.7 Å². The summed E-state index contributed by atoms with van der Waals surface area (Å²) in [5.41, 5.74) is 0.357. The quantitative estimate of drug-likeness (QED) is 0.498. The van der Waals surface area contributed by atoms with Crippen molar-refractivity contribution in [3.63, 3.8) is 0 Å². The molecule has 40 heavy (non-hydrogen) atoms. The Morgan fingerprint density at radius 3 is 2.73 bits per heavy atom. The normalized spacial score (nSPS) is 20.0. The van der Waals surface area contributed by atoms with Crippen molar-refractivity contribution in [3.8, 4) is 0 Å². The van der Waals surface area contributed by atoms with Crippen LogP contribution in [-0.2, 0) is 27.7 Å². The van der Waals surface area contributed by atoms with Crippen LogP contribution in [0.5, 0.6) is 0 Å². The van der Waals surface area contributed by atoms with E-state index < -0.39 is 24.2 Å². The van der Waals surface area contributed by atoms with Crippen LogP contribution in [0.3, 0.4) is 0 Å². The van der Waals surface area contributed by atoms with E-state index in [4.69, 9.17) is 16.3 Å². The van der Waals surface area contributed by atoms with Gasteiger partial charge in [0.2, 0.25) is 5.91 Å². The number of anilines is 1. The second kappa shape index (κ2) is 11.3. The van der Waals surface area contributed by atoms with E-state index in [-0.39, 0.29) is 27.6 Å². The number of fused-ring (bicyclic) bond motifs is 2. The van der Waals surface area contributed by atoms with Gasteiger partial charge in [-0.15, -0.1) is 0 Å². The van der Waals surface area contributed by atoms with Crippen LogP contribution in [-0.4, -0.2) is 52.0 Å². The summed E-state index contributed by atoms with van der Waals surface area (Å²) in [6, 6.07) is 2.68. The highest BCUT2D eigenvalue weighted by molar-refractivity contribution is 6.33. The molecule has 5 rings (SSSR count). The highest BCUT2D eigenvalue weighted by Gasteiger charge is 2.45. The summed E-state index contributed by atoms with van der Waals surface area (Å²) in [6.45, 7) is 3.98. The van der Waals surface area contributed by atoms with E-state index in [1.165, 1.54) is 11.0 Å². The lowest BCUT2D eigenvalue weighted by molar-refractivity contribution is -0.137. The van der Waals surface area contributed by atoms with E-state index in [1.807, 2.05) is 13.0 Å². The van der Waals surface area contributed by atoms with Gasteiger partial charge in [0.1, 0.15) is 18.7 Å². The molecule has 1 aromatic carbocycles. The minimum absolute atomic E-state index is 0.00459. The van der Waals surface area contributed by atoms with Gasteiger partial charge in [0, 0.05) is 11.0 Å². The molecule has 13 heteroatoms. The van der Waals surface area contributed by atoms with Crippen LogP contribution in [0.2, 0.25) is 5.02 Å². The smallest absolute Gasteiger partial charge is 0.377 e. The zero-order valence-electron chi connectivity index (χ0n) is 21.9. The molecular weight excluding hydrogens is 549 g/mol. The third-order valence-electron chi connectivity index (χ3n) is 7.73. The van der Waals surface area contributed by atoms with E-state index in [0.717, 1.165) is 56.1 Å². The molecule has 2 aliphatic heterocycles. The average Bonchev–Trinajstić information content (AvgIpc) is 3.21. The largest absolute Gasteiger partial charge is 0.416 e. The van der Waals surface area contributed by atoms with E-state index in [9.17, 15) is 22.8 Å². The number of hydrogen-bond acceptors (Lipinski definition) is 6. The van der Waals surface area contributed by atoms with E-state index in [1.54, 1.807) is 0 Å². The molecule has 0 radical (unpaired) electrons. The lowest BCUT2D eigenvalue weighted by atomic mass is 9.74. The van der Waals surface area contributed by atoms with E-state index in [2.05, 4.69) is 25.7 Å². The van der Waals surface area contributed by atoms with Crippen LogP contribution in [0.25, 0.3) is 5.57 Å². The second-order valence-electron chi connectivity index (χ2n) is 10.4. The zero-order valence-corrected chi connectivity index (χ0v) is 22.7. The maximum Gasteiger partial charge on any atom is 0.416 e. The molecule has 1 fully saturated rings. The van der Waals surface area contributed by atoms with Crippen LogP contribution in [0, 0.1) is 0 Å². The minimum Gasteiger partial charge on any atom is -0.377 e. The first-order valence-corrected chi connectivity index (χ1v) is 13.5. The molecule has 9 nitrogen and oxygen atoms in total. The Kier molecular flexibility index (Phi) is 8.03. The fourth-order valence-corrected chi connectivity index (χ4v) is 6.04. The van der Waals surface area contributed by atoms with Crippen molar-refractivity contribution in [3.05, 3.63) is 68.6 Å². The molecule has 0 saturated carbocycles. The van der Waals surface area contributed by atoms with E-state index in [0.29, 0.717) is 36.7 Å². The van der Waals surface area contributed by atoms with Gasteiger partial charge in [0.25, 0.3) is 5.56 Å². The highest BCUT2D eigenvalue weighted by atomic mass is 35.5. The number of piperidine rings is 1. The molecule has 3 aliphatic rings. The number of benzene rings is 1. The highest BCUT2D eigenvalue weighted by Crippen LogP contribution is 2.48. The van der Waals surface area contributed by atoms with Crippen LogP contribution < -0.4 is 16.2 Å². The summed E-state index contributed by atoms with van der Waals surface area (Å²) >= 11 is 6.05. The summed E-state index contributed by atoms with van der Waals surface area (Å²) in [6.07, 6.45) is 1.56. The first-order chi connectivity index (χ1) is 19.1. The van der Waals surface area contributed by atoms with Crippen molar-refractivity contribution in [2.24, 2.45) is 0 Å². The fourth-order valence-electron chi connectivity index (χ4n) is 5.82. The van der Waals surface area contributed by atoms with Gasteiger partial charge in [-0.3, -0.25) is 14.7 Å². The lowest BCUT2D eigenvalue weighted by Gasteiger charge is -2.34. The molecule has 3 N–H and O–H groups in total. The third kappa shape index (κ3) is 5.79. The molecule has 214 valence electrons. The first-order valence-electron chi connectivity index (χ1n) is 13.2. The number of hydrogen-bond donors (Lipinski definition) is 3. The van der Waals surface area contributed by atoms with Gasteiger partial charge in [-0.1, -0.05) is 24.6 Å². The van der Waals surface area contributed by atoms with Gasteiger partial charge >= 0.3 is 6.18 Å². The Labute approximate surface area is 233 Å². The van der Waals surface area contributed by atoms with Gasteiger partial charge in [-0.05, 0) is 68.5 Å². The van der Waals surface area contributed by atoms with Crippen molar-refractivity contribution in [2.75, 3.05) is 31.6 Å². The summed E-state index contributed by atoms with van der Waals surface area (Å²) in [7, 11) is 0. The summed E-state index contributed by atoms with van der Waals surface area (Å²) in [4.78, 5) is 36.6. The number of carbonyl (C=O) groups excluding carboxylic acids is 1. The molecule has 1 aliphatic carbocycles. The summed E-state index contributed by atoms with van der Waals surface area (Å²) in [5, 5.41) is 8.67. The Hall–Kier alpha value is -3.22. The second-order valence-corrected chi connectivity index (χ2v) is 10.8. The number of H-pyrrole nitrogens is 1. The Bertz CT molecular complexity index is 1440.